The van der Waals surface area contributed by atoms with E-state index < -0.39 is 17.7 Å². The van der Waals surface area contributed by atoms with E-state index in [1.165, 1.54) is 6.07 Å². The van der Waals surface area contributed by atoms with E-state index in [1.54, 1.807) is 0 Å². The van der Waals surface area contributed by atoms with Gasteiger partial charge in [0, 0.05) is 19.0 Å². The Morgan fingerprint density at radius 2 is 2.08 bits per heavy atom. The molecule has 1 amide bonds. The molecule has 1 aliphatic rings. The van der Waals surface area contributed by atoms with Crippen molar-refractivity contribution in [3.8, 4) is 5.75 Å². The normalized spacial score (nSPS) is 16.6. The predicted molar refractivity (Wildman–Crippen MR) is 85.7 cm³/mol. The first-order valence-electron chi connectivity index (χ1n) is 8.28. The number of hydrogen-bond donors (Lipinski definition) is 3. The molecule has 1 atom stereocenters. The van der Waals surface area contributed by atoms with Crippen LogP contribution in [0.3, 0.4) is 0 Å². The van der Waals surface area contributed by atoms with Crippen LogP contribution >= 0.6 is 0 Å². The van der Waals surface area contributed by atoms with Crippen molar-refractivity contribution in [1.82, 2.24) is 10.6 Å². The molecule has 24 heavy (non-hydrogen) atoms. The molecule has 0 spiro atoms. The molecule has 2 rings (SSSR count). The number of halogens is 2. The number of ether oxygens (including phenoxy) is 1. The SMILES string of the molecule is O=C(CCC1CCNCC1)NCC(O)COc1ccc(F)c(F)c1. The molecule has 0 bridgehead atoms. The predicted octanol–water partition coefficient (Wildman–Crippen LogP) is 1.60. The second-order valence-corrected chi connectivity index (χ2v) is 6.08. The summed E-state index contributed by atoms with van der Waals surface area (Å²) in [6, 6.07) is 3.15. The molecule has 134 valence electrons. The van der Waals surface area contributed by atoms with Crippen molar-refractivity contribution in [2.45, 2.75) is 31.8 Å². The van der Waals surface area contributed by atoms with Gasteiger partial charge in [-0.3, -0.25) is 4.79 Å². The lowest BCUT2D eigenvalue weighted by Crippen LogP contribution is -2.35. The topological polar surface area (TPSA) is 70.6 Å². The van der Waals surface area contributed by atoms with Gasteiger partial charge in [-0.2, -0.15) is 0 Å². The van der Waals surface area contributed by atoms with Crippen LogP contribution < -0.4 is 15.4 Å². The van der Waals surface area contributed by atoms with Gasteiger partial charge in [-0.1, -0.05) is 0 Å². The fraction of sp³-hybridized carbons (Fsp3) is 0.588. The van der Waals surface area contributed by atoms with E-state index in [0.29, 0.717) is 12.3 Å². The Bertz CT molecular complexity index is 537. The largest absolute Gasteiger partial charge is 0.491 e. The van der Waals surface area contributed by atoms with Gasteiger partial charge in [0.05, 0.1) is 0 Å². The van der Waals surface area contributed by atoms with Crippen LogP contribution in [0.5, 0.6) is 5.75 Å². The Hall–Kier alpha value is -1.73. The second-order valence-electron chi connectivity index (χ2n) is 6.08. The van der Waals surface area contributed by atoms with Gasteiger partial charge in [-0.05, 0) is 50.4 Å². The van der Waals surface area contributed by atoms with Gasteiger partial charge in [-0.25, -0.2) is 8.78 Å². The molecule has 1 aliphatic heterocycles. The molecule has 1 aromatic rings. The standard InChI is InChI=1S/C17H24F2N2O3/c18-15-3-2-14(9-16(15)19)24-11-13(22)10-21-17(23)4-1-12-5-7-20-8-6-12/h2-3,9,12-13,20,22H,1,4-8,10-11H2,(H,21,23). The maximum Gasteiger partial charge on any atom is 0.220 e. The van der Waals surface area contributed by atoms with Gasteiger partial charge in [0.15, 0.2) is 11.6 Å². The smallest absolute Gasteiger partial charge is 0.220 e. The molecule has 1 fully saturated rings. The van der Waals surface area contributed by atoms with Crippen molar-refractivity contribution in [3.63, 3.8) is 0 Å². The Labute approximate surface area is 140 Å². The quantitative estimate of drug-likeness (QED) is 0.671. The monoisotopic (exact) mass is 342 g/mol. The Kier molecular flexibility index (Phi) is 7.39. The molecule has 0 aromatic heterocycles. The van der Waals surface area contributed by atoms with Crippen LogP contribution in [0, 0.1) is 17.6 Å². The highest BCUT2D eigenvalue weighted by Crippen LogP contribution is 2.17. The minimum absolute atomic E-state index is 0.0642. The van der Waals surface area contributed by atoms with E-state index in [0.717, 1.165) is 44.5 Å². The Balaban J connectivity index is 1.60. The van der Waals surface area contributed by atoms with E-state index in [2.05, 4.69) is 10.6 Å². The maximum atomic E-state index is 13.0. The maximum absolute atomic E-state index is 13.0. The van der Waals surface area contributed by atoms with Gasteiger partial charge in [0.25, 0.3) is 0 Å². The Morgan fingerprint density at radius 3 is 2.79 bits per heavy atom. The van der Waals surface area contributed by atoms with Crippen LogP contribution in [0.4, 0.5) is 8.78 Å². The van der Waals surface area contributed by atoms with Crippen molar-refractivity contribution < 1.29 is 23.4 Å². The summed E-state index contributed by atoms with van der Waals surface area (Å²) in [6.45, 7) is 1.97. The fourth-order valence-corrected chi connectivity index (χ4v) is 2.64. The highest BCUT2D eigenvalue weighted by Gasteiger charge is 2.15. The number of carbonyl (C=O) groups is 1. The third-order valence-electron chi connectivity index (χ3n) is 4.11. The molecule has 0 saturated carbocycles. The number of nitrogens with one attached hydrogen (secondary N) is 2. The molecule has 3 N–H and O–H groups in total. The summed E-state index contributed by atoms with van der Waals surface area (Å²) in [5.41, 5.74) is 0. The molecule has 7 heteroatoms. The van der Waals surface area contributed by atoms with Crippen molar-refractivity contribution in [1.29, 1.82) is 0 Å². The number of aliphatic hydroxyl groups excluding tert-OH is 1. The van der Waals surface area contributed by atoms with Gasteiger partial charge >= 0.3 is 0 Å². The van der Waals surface area contributed by atoms with E-state index >= 15 is 0 Å². The average Bonchev–Trinajstić information content (AvgIpc) is 2.60. The summed E-state index contributed by atoms with van der Waals surface area (Å²) >= 11 is 0. The number of carbonyl (C=O) groups excluding carboxylic acids is 1. The molecule has 1 saturated heterocycles. The zero-order chi connectivity index (χ0) is 17.4. The van der Waals surface area contributed by atoms with Gasteiger partial charge in [0.2, 0.25) is 5.91 Å². The first-order valence-corrected chi connectivity index (χ1v) is 8.28. The molecular formula is C17H24F2N2O3. The number of piperidine rings is 1. The number of hydrogen-bond acceptors (Lipinski definition) is 4. The summed E-state index contributed by atoms with van der Waals surface area (Å²) in [6.07, 6.45) is 2.58. The van der Waals surface area contributed by atoms with E-state index in [4.69, 9.17) is 4.74 Å². The molecule has 0 aliphatic carbocycles. The van der Waals surface area contributed by atoms with Crippen molar-refractivity contribution in [2.24, 2.45) is 5.92 Å². The number of amides is 1. The summed E-state index contributed by atoms with van der Waals surface area (Å²) in [5, 5.41) is 15.7. The first kappa shape index (κ1) is 18.6. The molecule has 1 aromatic carbocycles. The van der Waals surface area contributed by atoms with Gasteiger partial charge < -0.3 is 20.5 Å². The zero-order valence-electron chi connectivity index (χ0n) is 13.6. The van der Waals surface area contributed by atoms with Crippen LogP contribution in [-0.2, 0) is 4.79 Å². The number of aliphatic hydroxyl groups is 1. The van der Waals surface area contributed by atoms with Crippen molar-refractivity contribution in [3.05, 3.63) is 29.8 Å². The van der Waals surface area contributed by atoms with Crippen LogP contribution in [0.1, 0.15) is 25.7 Å². The lowest BCUT2D eigenvalue weighted by molar-refractivity contribution is -0.122. The third kappa shape index (κ3) is 6.41. The van der Waals surface area contributed by atoms with Crippen LogP contribution in [0.2, 0.25) is 0 Å². The molecular weight excluding hydrogens is 318 g/mol. The second kappa shape index (κ2) is 9.54. The van der Waals surface area contributed by atoms with E-state index in [-0.39, 0.29) is 24.8 Å². The van der Waals surface area contributed by atoms with Gasteiger partial charge in [-0.15, -0.1) is 0 Å². The number of benzene rings is 1. The fourth-order valence-electron chi connectivity index (χ4n) is 2.64. The third-order valence-corrected chi connectivity index (χ3v) is 4.11. The lowest BCUT2D eigenvalue weighted by atomic mass is 9.93. The van der Waals surface area contributed by atoms with Crippen LogP contribution in [-0.4, -0.2) is 43.4 Å². The average molecular weight is 342 g/mol. The molecule has 1 unspecified atom stereocenters. The molecule has 1 heterocycles. The first-order chi connectivity index (χ1) is 11.5. The summed E-state index contributed by atoms with van der Waals surface area (Å²) < 4.78 is 31.0. The highest BCUT2D eigenvalue weighted by molar-refractivity contribution is 5.75. The van der Waals surface area contributed by atoms with Gasteiger partial charge in [0.1, 0.15) is 18.5 Å². The zero-order valence-corrected chi connectivity index (χ0v) is 13.6. The van der Waals surface area contributed by atoms with E-state index in [9.17, 15) is 18.7 Å². The summed E-state index contributed by atoms with van der Waals surface area (Å²) in [4.78, 5) is 11.8. The minimum atomic E-state index is -1.01. The highest BCUT2D eigenvalue weighted by atomic mass is 19.2. The van der Waals surface area contributed by atoms with Crippen molar-refractivity contribution >= 4 is 5.91 Å². The Morgan fingerprint density at radius 1 is 1.33 bits per heavy atom. The number of rotatable bonds is 8. The summed E-state index contributed by atoms with van der Waals surface area (Å²) in [7, 11) is 0. The lowest BCUT2D eigenvalue weighted by Gasteiger charge is -2.22. The van der Waals surface area contributed by atoms with Crippen molar-refractivity contribution in [2.75, 3.05) is 26.2 Å². The summed E-state index contributed by atoms with van der Waals surface area (Å²) in [5.74, 6) is -1.35. The van der Waals surface area contributed by atoms with Crippen LogP contribution in [0.25, 0.3) is 0 Å². The molecule has 0 radical (unpaired) electrons. The van der Waals surface area contributed by atoms with E-state index in [1.807, 2.05) is 0 Å². The molecule has 5 nitrogen and oxygen atoms in total. The minimum Gasteiger partial charge on any atom is -0.491 e. The van der Waals surface area contributed by atoms with Crippen LogP contribution in [0.15, 0.2) is 18.2 Å².